The highest BCUT2D eigenvalue weighted by atomic mass is 16.5. The molecule has 208 valence electrons. The van der Waals surface area contributed by atoms with E-state index < -0.39 is 0 Å². The Labute approximate surface area is 234 Å². The van der Waals surface area contributed by atoms with Crippen LogP contribution in [0.4, 0.5) is 17.3 Å². The second kappa shape index (κ2) is 12.0. The average molecular weight is 541 g/mol. The van der Waals surface area contributed by atoms with Gasteiger partial charge in [0.25, 0.3) is 5.91 Å². The van der Waals surface area contributed by atoms with Crippen molar-refractivity contribution in [3.63, 3.8) is 0 Å². The molecule has 0 bridgehead atoms. The number of ether oxygens (including phenoxy) is 1. The fourth-order valence-electron chi connectivity index (χ4n) is 5.17. The van der Waals surface area contributed by atoms with Crippen LogP contribution in [0.3, 0.4) is 0 Å². The second-order valence-electron chi connectivity index (χ2n) is 10.4. The first-order chi connectivity index (χ1) is 19.6. The van der Waals surface area contributed by atoms with Crippen molar-refractivity contribution in [2.75, 3.05) is 82.8 Å². The van der Waals surface area contributed by atoms with Crippen LogP contribution in [0.25, 0.3) is 16.9 Å². The molecule has 2 saturated heterocycles. The number of fused-ring (bicyclic) bond motifs is 1. The summed E-state index contributed by atoms with van der Waals surface area (Å²) < 4.78 is 7.21. The molecule has 0 unspecified atom stereocenters. The van der Waals surface area contributed by atoms with Crippen molar-refractivity contribution < 1.29 is 9.53 Å². The Balaban J connectivity index is 1.10. The quantitative estimate of drug-likeness (QED) is 0.353. The zero-order valence-electron chi connectivity index (χ0n) is 22.9. The molecule has 2 aliphatic heterocycles. The summed E-state index contributed by atoms with van der Waals surface area (Å²) in [5.74, 6) is 0.472. The molecule has 0 spiro atoms. The van der Waals surface area contributed by atoms with Crippen molar-refractivity contribution in [3.8, 4) is 11.3 Å². The fourth-order valence-corrected chi connectivity index (χ4v) is 5.17. The number of rotatable bonds is 8. The molecule has 2 aliphatic rings. The average Bonchev–Trinajstić information content (AvgIpc) is 3.41. The van der Waals surface area contributed by atoms with Gasteiger partial charge in [-0.2, -0.15) is 4.98 Å². The van der Waals surface area contributed by atoms with Crippen LogP contribution in [-0.2, 0) is 4.74 Å². The normalized spacial score (nSPS) is 16.8. The number of aromatic nitrogens is 3. The zero-order chi connectivity index (χ0) is 27.3. The third kappa shape index (κ3) is 6.09. The van der Waals surface area contributed by atoms with Crippen LogP contribution < -0.4 is 15.5 Å². The number of hydrogen-bond acceptors (Lipinski definition) is 8. The molecule has 4 heterocycles. The Bertz CT molecular complexity index is 1420. The largest absolute Gasteiger partial charge is 0.379 e. The standard InChI is InChI=1S/C30H36N8O2/c1-35-15-17-37(18-16-35)26-11-9-25(10-12-26)32-30-33-28-4-2-3-27(38(28)34-30)23-5-7-24(8-6-23)29(39)31-13-14-36-19-21-40-22-20-36/h2-12H,13-22H2,1H3,(H,31,39)(H,32,34). The van der Waals surface area contributed by atoms with E-state index in [0.717, 1.165) is 81.6 Å². The molecular weight excluding hydrogens is 504 g/mol. The third-order valence-electron chi connectivity index (χ3n) is 7.61. The molecular formula is C30H36N8O2. The van der Waals surface area contributed by atoms with Crippen LogP contribution in [0.2, 0.25) is 0 Å². The van der Waals surface area contributed by atoms with E-state index in [1.807, 2.05) is 47.0 Å². The van der Waals surface area contributed by atoms with Crippen LogP contribution in [0.1, 0.15) is 10.4 Å². The van der Waals surface area contributed by atoms with Gasteiger partial charge >= 0.3 is 0 Å². The number of benzene rings is 2. The summed E-state index contributed by atoms with van der Waals surface area (Å²) in [6.45, 7) is 9.05. The highest BCUT2D eigenvalue weighted by molar-refractivity contribution is 5.94. The Morgan fingerprint density at radius 3 is 2.40 bits per heavy atom. The van der Waals surface area contributed by atoms with Crippen LogP contribution in [0.5, 0.6) is 0 Å². The predicted molar refractivity (Wildman–Crippen MR) is 157 cm³/mol. The van der Waals surface area contributed by atoms with Crippen molar-refractivity contribution in [1.29, 1.82) is 0 Å². The number of likely N-dealkylation sites (N-methyl/N-ethyl adjacent to an activating group) is 1. The minimum Gasteiger partial charge on any atom is -0.379 e. The molecule has 0 saturated carbocycles. The van der Waals surface area contributed by atoms with E-state index in [0.29, 0.717) is 18.1 Å². The first kappa shape index (κ1) is 26.2. The van der Waals surface area contributed by atoms with Crippen LogP contribution >= 0.6 is 0 Å². The van der Waals surface area contributed by atoms with Gasteiger partial charge in [0, 0.05) is 74.9 Å². The second-order valence-corrected chi connectivity index (χ2v) is 10.4. The minimum atomic E-state index is -0.0658. The first-order valence-electron chi connectivity index (χ1n) is 14.0. The molecule has 0 radical (unpaired) electrons. The van der Waals surface area contributed by atoms with Gasteiger partial charge in [0.2, 0.25) is 5.95 Å². The smallest absolute Gasteiger partial charge is 0.251 e. The molecule has 2 fully saturated rings. The number of anilines is 3. The van der Waals surface area contributed by atoms with Crippen LogP contribution in [0.15, 0.2) is 66.7 Å². The van der Waals surface area contributed by atoms with Gasteiger partial charge in [0.05, 0.1) is 18.9 Å². The minimum absolute atomic E-state index is 0.0658. The molecule has 10 heteroatoms. The molecule has 2 N–H and O–H groups in total. The maximum atomic E-state index is 12.7. The highest BCUT2D eigenvalue weighted by Gasteiger charge is 2.15. The van der Waals surface area contributed by atoms with Gasteiger partial charge in [-0.25, -0.2) is 4.52 Å². The lowest BCUT2D eigenvalue weighted by Crippen LogP contribution is -2.44. The van der Waals surface area contributed by atoms with Crippen LogP contribution in [0, 0.1) is 0 Å². The molecule has 1 amide bonds. The number of morpholine rings is 1. The van der Waals surface area contributed by atoms with Crippen molar-refractivity contribution in [1.82, 2.24) is 29.7 Å². The number of carbonyl (C=O) groups excluding carboxylic acids is 1. The molecule has 0 aliphatic carbocycles. The molecule has 6 rings (SSSR count). The van der Waals surface area contributed by atoms with E-state index in [1.165, 1.54) is 5.69 Å². The van der Waals surface area contributed by atoms with E-state index in [9.17, 15) is 4.79 Å². The van der Waals surface area contributed by atoms with Crippen molar-refractivity contribution in [2.45, 2.75) is 0 Å². The van der Waals surface area contributed by atoms with Gasteiger partial charge in [0.15, 0.2) is 5.65 Å². The number of hydrogen-bond donors (Lipinski definition) is 2. The molecule has 10 nitrogen and oxygen atoms in total. The van der Waals surface area contributed by atoms with Crippen molar-refractivity contribution >= 4 is 28.9 Å². The van der Waals surface area contributed by atoms with Gasteiger partial charge in [-0.15, -0.1) is 5.10 Å². The van der Waals surface area contributed by atoms with Crippen LogP contribution in [-0.4, -0.2) is 103 Å². The zero-order valence-corrected chi connectivity index (χ0v) is 22.9. The number of nitrogens with zero attached hydrogens (tertiary/aromatic N) is 6. The Hall–Kier alpha value is -3.99. The van der Waals surface area contributed by atoms with E-state index in [-0.39, 0.29) is 5.91 Å². The Morgan fingerprint density at radius 2 is 1.65 bits per heavy atom. The topological polar surface area (TPSA) is 90.3 Å². The number of carbonyl (C=O) groups is 1. The van der Waals surface area contributed by atoms with E-state index in [1.54, 1.807) is 0 Å². The van der Waals surface area contributed by atoms with Gasteiger partial charge < -0.3 is 25.2 Å². The van der Waals surface area contributed by atoms with E-state index >= 15 is 0 Å². The summed E-state index contributed by atoms with van der Waals surface area (Å²) in [4.78, 5) is 24.4. The van der Waals surface area contributed by atoms with E-state index in [2.05, 4.69) is 61.6 Å². The molecule has 2 aromatic heterocycles. The van der Waals surface area contributed by atoms with Gasteiger partial charge in [-0.1, -0.05) is 18.2 Å². The number of amides is 1. The van der Waals surface area contributed by atoms with Crippen molar-refractivity contribution in [3.05, 3.63) is 72.3 Å². The predicted octanol–water partition coefficient (Wildman–Crippen LogP) is 2.95. The Morgan fingerprint density at radius 1 is 0.900 bits per heavy atom. The summed E-state index contributed by atoms with van der Waals surface area (Å²) in [7, 11) is 2.17. The first-order valence-corrected chi connectivity index (χ1v) is 14.0. The molecule has 4 aromatic rings. The summed E-state index contributed by atoms with van der Waals surface area (Å²) in [5, 5.41) is 11.1. The monoisotopic (exact) mass is 540 g/mol. The summed E-state index contributed by atoms with van der Waals surface area (Å²) in [6.07, 6.45) is 0. The number of piperazine rings is 1. The summed E-state index contributed by atoms with van der Waals surface area (Å²) >= 11 is 0. The maximum Gasteiger partial charge on any atom is 0.251 e. The SMILES string of the molecule is CN1CCN(c2ccc(Nc3nc4cccc(-c5ccc(C(=O)NCCN6CCOCC6)cc5)n4n3)cc2)CC1. The molecule has 2 aromatic carbocycles. The van der Waals surface area contributed by atoms with Gasteiger partial charge in [-0.3, -0.25) is 9.69 Å². The lowest BCUT2D eigenvalue weighted by molar-refractivity contribution is 0.0383. The molecule has 0 atom stereocenters. The summed E-state index contributed by atoms with van der Waals surface area (Å²) in [6, 6.07) is 22.0. The Kier molecular flexibility index (Phi) is 7.90. The fraction of sp³-hybridized carbons (Fsp3) is 0.367. The third-order valence-corrected chi connectivity index (χ3v) is 7.61. The highest BCUT2D eigenvalue weighted by Crippen LogP contribution is 2.24. The van der Waals surface area contributed by atoms with Crippen molar-refractivity contribution in [2.24, 2.45) is 0 Å². The number of pyridine rings is 1. The maximum absolute atomic E-state index is 12.7. The lowest BCUT2D eigenvalue weighted by atomic mass is 10.1. The lowest BCUT2D eigenvalue weighted by Gasteiger charge is -2.34. The summed E-state index contributed by atoms with van der Waals surface area (Å²) in [5.41, 5.74) is 5.43. The van der Waals surface area contributed by atoms with Gasteiger partial charge in [-0.05, 0) is 55.6 Å². The molecule has 40 heavy (non-hydrogen) atoms. The van der Waals surface area contributed by atoms with E-state index in [4.69, 9.17) is 9.84 Å². The number of nitrogens with one attached hydrogen (secondary N) is 2. The van der Waals surface area contributed by atoms with Gasteiger partial charge in [0.1, 0.15) is 0 Å².